The first-order valence-electron chi connectivity index (χ1n) is 5.12. The Bertz CT molecular complexity index is 279. The van der Waals surface area contributed by atoms with Crippen molar-refractivity contribution >= 4 is 0 Å². The van der Waals surface area contributed by atoms with Gasteiger partial charge in [0.25, 0.3) is 0 Å². The highest BCUT2D eigenvalue weighted by Crippen LogP contribution is 2.18. The number of hydrogen-bond acceptors (Lipinski definition) is 3. The maximum atomic E-state index is 8.70. The number of rotatable bonds is 4. The van der Waals surface area contributed by atoms with Gasteiger partial charge in [0, 0.05) is 19.4 Å². The third-order valence-corrected chi connectivity index (χ3v) is 2.56. The number of aryl methyl sites for hydroxylation is 1. The molecule has 0 spiro atoms. The highest BCUT2D eigenvalue weighted by Gasteiger charge is 2.17. The summed E-state index contributed by atoms with van der Waals surface area (Å²) in [6, 6.07) is 0.415. The summed E-state index contributed by atoms with van der Waals surface area (Å²) in [5, 5.41) is 13.0. The maximum Gasteiger partial charge on any atom is 0.0774 e. The fourth-order valence-corrected chi connectivity index (χ4v) is 1.72. The molecule has 2 rings (SSSR count). The lowest BCUT2D eigenvalue weighted by molar-refractivity contribution is 0.184. The molecule has 1 aromatic heterocycles. The Morgan fingerprint density at radius 3 is 3.29 bits per heavy atom. The van der Waals surface area contributed by atoms with E-state index in [-0.39, 0.29) is 6.61 Å². The van der Waals surface area contributed by atoms with Crippen molar-refractivity contribution < 1.29 is 9.84 Å². The molecule has 2 heterocycles. The van der Waals surface area contributed by atoms with E-state index in [2.05, 4.69) is 11.3 Å². The van der Waals surface area contributed by atoms with Gasteiger partial charge in [-0.15, -0.1) is 0 Å². The molecule has 0 aliphatic carbocycles. The van der Waals surface area contributed by atoms with Crippen LogP contribution >= 0.6 is 0 Å². The van der Waals surface area contributed by atoms with Crippen molar-refractivity contribution in [3.05, 3.63) is 18.0 Å². The number of aliphatic hydroxyl groups excluding tert-OH is 1. The average Bonchev–Trinajstić information content (AvgIpc) is 2.85. The monoisotopic (exact) mass is 196 g/mol. The van der Waals surface area contributed by atoms with Crippen LogP contribution in [0.15, 0.2) is 12.4 Å². The first-order chi connectivity index (χ1) is 6.90. The summed E-state index contributed by atoms with van der Waals surface area (Å²) in [6.45, 7) is 1.87. The predicted octanol–water partition coefficient (Wildman–Crippen LogP) is 0.769. The van der Waals surface area contributed by atoms with Crippen molar-refractivity contribution in [1.29, 1.82) is 0 Å². The fraction of sp³-hybridized carbons (Fsp3) is 0.700. The van der Waals surface area contributed by atoms with Gasteiger partial charge in [0.05, 0.1) is 18.8 Å². The Labute approximate surface area is 83.5 Å². The molecule has 1 aliphatic heterocycles. The van der Waals surface area contributed by atoms with Gasteiger partial charge < -0.3 is 9.84 Å². The van der Waals surface area contributed by atoms with E-state index in [0.29, 0.717) is 6.04 Å². The number of aromatic nitrogens is 2. The molecule has 1 atom stereocenters. The number of nitrogens with zero attached hydrogens (tertiary/aromatic N) is 2. The van der Waals surface area contributed by atoms with Gasteiger partial charge in [0.1, 0.15) is 0 Å². The minimum Gasteiger partial charge on any atom is -0.396 e. The zero-order valence-electron chi connectivity index (χ0n) is 8.22. The summed E-state index contributed by atoms with van der Waals surface area (Å²) in [5.41, 5.74) is 1.20. The lowest BCUT2D eigenvalue weighted by Crippen LogP contribution is -2.08. The Balaban J connectivity index is 1.94. The summed E-state index contributed by atoms with van der Waals surface area (Å²) in [6.07, 6.45) is 6.72. The van der Waals surface area contributed by atoms with E-state index in [9.17, 15) is 0 Å². The molecule has 4 nitrogen and oxygen atoms in total. The number of hydrogen-bond donors (Lipinski definition) is 1. The zero-order chi connectivity index (χ0) is 9.80. The average molecular weight is 196 g/mol. The molecular weight excluding hydrogens is 180 g/mol. The van der Waals surface area contributed by atoms with Gasteiger partial charge in [-0.3, -0.25) is 4.68 Å². The van der Waals surface area contributed by atoms with Crippen LogP contribution < -0.4 is 0 Å². The molecule has 4 heteroatoms. The van der Waals surface area contributed by atoms with Crippen molar-refractivity contribution in [3.8, 4) is 0 Å². The molecule has 0 radical (unpaired) electrons. The Morgan fingerprint density at radius 2 is 2.57 bits per heavy atom. The van der Waals surface area contributed by atoms with Gasteiger partial charge in [0.2, 0.25) is 0 Å². The predicted molar refractivity (Wildman–Crippen MR) is 52.1 cm³/mol. The zero-order valence-corrected chi connectivity index (χ0v) is 8.22. The number of aliphatic hydroxyl groups is 1. The SMILES string of the molecule is OCCCc1cnn(C2CCOC2)c1. The van der Waals surface area contributed by atoms with Gasteiger partial charge >= 0.3 is 0 Å². The third-order valence-electron chi connectivity index (χ3n) is 2.56. The second kappa shape index (κ2) is 4.57. The summed E-state index contributed by atoms with van der Waals surface area (Å²) in [7, 11) is 0. The minimum absolute atomic E-state index is 0.248. The van der Waals surface area contributed by atoms with Crippen molar-refractivity contribution in [2.45, 2.75) is 25.3 Å². The molecule has 1 fully saturated rings. The Hall–Kier alpha value is -0.870. The van der Waals surface area contributed by atoms with E-state index in [1.807, 2.05) is 10.9 Å². The normalized spacial score (nSPS) is 21.6. The highest BCUT2D eigenvalue weighted by atomic mass is 16.5. The second-order valence-electron chi connectivity index (χ2n) is 3.67. The van der Waals surface area contributed by atoms with E-state index >= 15 is 0 Å². The van der Waals surface area contributed by atoms with Crippen LogP contribution in [0, 0.1) is 0 Å². The lowest BCUT2D eigenvalue weighted by atomic mass is 10.2. The molecule has 14 heavy (non-hydrogen) atoms. The smallest absolute Gasteiger partial charge is 0.0774 e. The molecule has 1 saturated heterocycles. The van der Waals surface area contributed by atoms with Crippen LogP contribution in [0.1, 0.15) is 24.4 Å². The topological polar surface area (TPSA) is 47.3 Å². The molecule has 1 N–H and O–H groups in total. The number of ether oxygens (including phenoxy) is 1. The van der Waals surface area contributed by atoms with E-state index in [1.54, 1.807) is 0 Å². The van der Waals surface area contributed by atoms with Gasteiger partial charge in [-0.2, -0.15) is 5.10 Å². The Kier molecular flexibility index (Phi) is 3.16. The molecule has 0 bridgehead atoms. The third kappa shape index (κ3) is 2.13. The molecule has 0 saturated carbocycles. The van der Waals surface area contributed by atoms with E-state index in [0.717, 1.165) is 32.5 Å². The van der Waals surface area contributed by atoms with E-state index in [4.69, 9.17) is 9.84 Å². The van der Waals surface area contributed by atoms with Gasteiger partial charge in [-0.1, -0.05) is 0 Å². The van der Waals surface area contributed by atoms with Crippen LogP contribution in [-0.4, -0.2) is 34.7 Å². The van der Waals surface area contributed by atoms with Crippen molar-refractivity contribution in [3.63, 3.8) is 0 Å². The van der Waals surface area contributed by atoms with Gasteiger partial charge in [0.15, 0.2) is 0 Å². The highest BCUT2D eigenvalue weighted by molar-refractivity contribution is 5.04. The molecule has 1 aromatic rings. The summed E-state index contributed by atoms with van der Waals surface area (Å²) in [5.74, 6) is 0. The van der Waals surface area contributed by atoms with Crippen LogP contribution in [0.5, 0.6) is 0 Å². The van der Waals surface area contributed by atoms with Crippen molar-refractivity contribution in [2.24, 2.45) is 0 Å². The van der Waals surface area contributed by atoms with Gasteiger partial charge in [-0.25, -0.2) is 0 Å². The standard InChI is InChI=1S/C10H16N2O2/c13-4-1-2-9-6-11-12(7-9)10-3-5-14-8-10/h6-7,10,13H,1-5,8H2. The molecule has 1 unspecified atom stereocenters. The van der Waals surface area contributed by atoms with Crippen LogP contribution in [0.3, 0.4) is 0 Å². The summed E-state index contributed by atoms with van der Waals surface area (Å²) < 4.78 is 7.29. The van der Waals surface area contributed by atoms with Crippen LogP contribution in [-0.2, 0) is 11.2 Å². The van der Waals surface area contributed by atoms with Gasteiger partial charge in [-0.05, 0) is 24.8 Å². The largest absolute Gasteiger partial charge is 0.396 e. The first-order valence-corrected chi connectivity index (χ1v) is 5.12. The van der Waals surface area contributed by atoms with Crippen molar-refractivity contribution in [1.82, 2.24) is 9.78 Å². The van der Waals surface area contributed by atoms with E-state index in [1.165, 1.54) is 5.56 Å². The lowest BCUT2D eigenvalue weighted by Gasteiger charge is -2.06. The summed E-state index contributed by atoms with van der Waals surface area (Å²) >= 11 is 0. The minimum atomic E-state index is 0.248. The fourth-order valence-electron chi connectivity index (χ4n) is 1.72. The van der Waals surface area contributed by atoms with Crippen LogP contribution in [0.4, 0.5) is 0 Å². The van der Waals surface area contributed by atoms with E-state index < -0.39 is 0 Å². The summed E-state index contributed by atoms with van der Waals surface area (Å²) in [4.78, 5) is 0. The molecule has 0 aromatic carbocycles. The Morgan fingerprint density at radius 1 is 1.64 bits per heavy atom. The van der Waals surface area contributed by atoms with Crippen LogP contribution in [0.2, 0.25) is 0 Å². The molecule has 0 amide bonds. The first kappa shape index (κ1) is 9.68. The maximum absolute atomic E-state index is 8.70. The van der Waals surface area contributed by atoms with Crippen LogP contribution in [0.25, 0.3) is 0 Å². The molecular formula is C10H16N2O2. The quantitative estimate of drug-likeness (QED) is 0.773. The van der Waals surface area contributed by atoms with Crippen molar-refractivity contribution in [2.75, 3.05) is 19.8 Å². The second-order valence-corrected chi connectivity index (χ2v) is 3.67. The molecule has 78 valence electrons. The molecule has 1 aliphatic rings.